The summed E-state index contributed by atoms with van der Waals surface area (Å²) in [4.78, 5) is 4.35. The van der Waals surface area contributed by atoms with Gasteiger partial charge in [0.25, 0.3) is 0 Å². The summed E-state index contributed by atoms with van der Waals surface area (Å²) in [6.45, 7) is 12.3. The van der Waals surface area contributed by atoms with Crippen LogP contribution < -0.4 is 10.6 Å². The van der Waals surface area contributed by atoms with Gasteiger partial charge in [0.15, 0.2) is 5.96 Å². The van der Waals surface area contributed by atoms with Gasteiger partial charge in [-0.25, -0.2) is 0 Å². The molecule has 1 aliphatic carbocycles. The summed E-state index contributed by atoms with van der Waals surface area (Å²) in [5, 5.41) is 6.98. The van der Waals surface area contributed by atoms with Gasteiger partial charge in [0.1, 0.15) is 0 Å². The first-order valence-electron chi connectivity index (χ1n) is 8.63. The van der Waals surface area contributed by atoms with Crippen LogP contribution in [0, 0.1) is 17.3 Å². The highest BCUT2D eigenvalue weighted by Crippen LogP contribution is 2.51. The zero-order valence-electron chi connectivity index (χ0n) is 15.2. The van der Waals surface area contributed by atoms with Gasteiger partial charge in [0, 0.05) is 50.8 Å². The molecule has 0 aromatic rings. The van der Waals surface area contributed by atoms with Gasteiger partial charge in [-0.15, -0.1) is 24.0 Å². The molecular formula is C17H34IN3O2. The molecule has 1 saturated carbocycles. The van der Waals surface area contributed by atoms with E-state index in [1.807, 2.05) is 7.05 Å². The molecule has 0 bridgehead atoms. The fourth-order valence-electron chi connectivity index (χ4n) is 3.66. The summed E-state index contributed by atoms with van der Waals surface area (Å²) < 4.78 is 11.4. The Morgan fingerprint density at radius 1 is 1.39 bits per heavy atom. The van der Waals surface area contributed by atoms with E-state index in [4.69, 9.17) is 9.47 Å². The maximum absolute atomic E-state index is 5.84. The number of hydrogen-bond donors (Lipinski definition) is 2. The summed E-state index contributed by atoms with van der Waals surface area (Å²) in [7, 11) is 1.83. The first-order valence-corrected chi connectivity index (χ1v) is 8.63. The molecule has 3 unspecified atom stereocenters. The third-order valence-corrected chi connectivity index (χ3v) is 4.83. The van der Waals surface area contributed by atoms with Crippen molar-refractivity contribution in [2.75, 3.05) is 33.4 Å². The topological polar surface area (TPSA) is 54.9 Å². The maximum Gasteiger partial charge on any atom is 0.191 e. The molecule has 0 aromatic carbocycles. The second-order valence-electron chi connectivity index (χ2n) is 7.51. The molecule has 1 aliphatic heterocycles. The highest BCUT2D eigenvalue weighted by Gasteiger charge is 2.59. The highest BCUT2D eigenvalue weighted by molar-refractivity contribution is 14.0. The summed E-state index contributed by atoms with van der Waals surface area (Å²) in [6, 6.07) is 0.448. The minimum atomic E-state index is 0. The molecule has 0 spiro atoms. The van der Waals surface area contributed by atoms with E-state index >= 15 is 0 Å². The van der Waals surface area contributed by atoms with Crippen LogP contribution in [-0.4, -0.2) is 51.5 Å². The minimum absolute atomic E-state index is 0. The molecule has 0 amide bonds. The molecule has 2 fully saturated rings. The average molecular weight is 439 g/mol. The molecule has 5 nitrogen and oxygen atoms in total. The largest absolute Gasteiger partial charge is 0.381 e. The lowest BCUT2D eigenvalue weighted by Gasteiger charge is -2.54. The summed E-state index contributed by atoms with van der Waals surface area (Å²) in [5.41, 5.74) is 0.180. The van der Waals surface area contributed by atoms with E-state index in [1.54, 1.807) is 0 Å². The molecule has 136 valence electrons. The van der Waals surface area contributed by atoms with Crippen molar-refractivity contribution in [2.24, 2.45) is 22.2 Å². The first-order chi connectivity index (χ1) is 10.5. The van der Waals surface area contributed by atoms with Gasteiger partial charge in [-0.2, -0.15) is 0 Å². The van der Waals surface area contributed by atoms with E-state index in [9.17, 15) is 0 Å². The highest BCUT2D eigenvalue weighted by atomic mass is 127. The van der Waals surface area contributed by atoms with Gasteiger partial charge in [-0.3, -0.25) is 4.99 Å². The Kier molecular flexibility index (Phi) is 8.58. The fraction of sp³-hybridized carbons (Fsp3) is 0.941. The van der Waals surface area contributed by atoms with Gasteiger partial charge < -0.3 is 20.1 Å². The molecular weight excluding hydrogens is 405 g/mol. The average Bonchev–Trinajstić information content (AvgIpc) is 2.92. The van der Waals surface area contributed by atoms with Crippen LogP contribution in [0.3, 0.4) is 0 Å². The number of aliphatic imine (C=N–C) groups is 1. The standard InChI is InChI=1S/C17H33N3O2.HI/c1-12(2)11-21-9-6-8-19-16(18-5)20-14-13-7-10-22-15(13)17(14,3)4;/h12-15H,6-11H2,1-5H3,(H2,18,19,20);1H. The Morgan fingerprint density at radius 2 is 2.13 bits per heavy atom. The molecule has 2 N–H and O–H groups in total. The normalized spacial score (nSPS) is 28.8. The van der Waals surface area contributed by atoms with E-state index in [0.29, 0.717) is 24.0 Å². The fourth-order valence-corrected chi connectivity index (χ4v) is 3.66. The lowest BCUT2D eigenvalue weighted by atomic mass is 9.57. The number of rotatable bonds is 7. The van der Waals surface area contributed by atoms with E-state index in [1.165, 1.54) is 0 Å². The Morgan fingerprint density at radius 3 is 2.78 bits per heavy atom. The van der Waals surface area contributed by atoms with Crippen LogP contribution >= 0.6 is 24.0 Å². The number of hydrogen-bond acceptors (Lipinski definition) is 3. The van der Waals surface area contributed by atoms with E-state index in [2.05, 4.69) is 43.3 Å². The van der Waals surface area contributed by atoms with E-state index in [0.717, 1.165) is 45.2 Å². The second kappa shape index (κ2) is 9.42. The summed E-state index contributed by atoms with van der Waals surface area (Å²) in [5.74, 6) is 2.13. The lowest BCUT2D eigenvalue weighted by molar-refractivity contribution is -0.106. The van der Waals surface area contributed by atoms with Crippen LogP contribution in [-0.2, 0) is 9.47 Å². The molecule has 1 heterocycles. The van der Waals surface area contributed by atoms with Crippen LogP contribution in [0.2, 0.25) is 0 Å². The Hall–Kier alpha value is -0.0800. The maximum atomic E-state index is 5.84. The van der Waals surface area contributed by atoms with Crippen molar-refractivity contribution in [3.05, 3.63) is 0 Å². The van der Waals surface area contributed by atoms with Crippen molar-refractivity contribution in [2.45, 2.75) is 52.7 Å². The summed E-state index contributed by atoms with van der Waals surface area (Å²) >= 11 is 0. The first kappa shape index (κ1) is 21.0. The van der Waals surface area contributed by atoms with Crippen molar-refractivity contribution in [1.29, 1.82) is 0 Å². The van der Waals surface area contributed by atoms with Crippen LogP contribution in [0.5, 0.6) is 0 Å². The number of ether oxygens (including phenoxy) is 2. The number of nitrogens with one attached hydrogen (secondary N) is 2. The Labute approximate surface area is 158 Å². The van der Waals surface area contributed by atoms with Gasteiger partial charge in [-0.05, 0) is 18.8 Å². The van der Waals surface area contributed by atoms with Crippen molar-refractivity contribution < 1.29 is 9.47 Å². The number of fused-ring (bicyclic) bond motifs is 1. The summed E-state index contributed by atoms with van der Waals surface area (Å²) in [6.07, 6.45) is 2.56. The monoisotopic (exact) mass is 439 g/mol. The number of nitrogens with zero attached hydrogens (tertiary/aromatic N) is 1. The zero-order valence-corrected chi connectivity index (χ0v) is 17.6. The predicted molar refractivity (Wildman–Crippen MR) is 106 cm³/mol. The number of guanidine groups is 1. The SMILES string of the molecule is CN=C(NCCCOCC(C)C)NC1C2CCOC2C1(C)C.I. The Balaban J connectivity index is 0.00000264. The van der Waals surface area contributed by atoms with E-state index in [-0.39, 0.29) is 29.4 Å². The van der Waals surface area contributed by atoms with Crippen molar-refractivity contribution in [3.63, 3.8) is 0 Å². The van der Waals surface area contributed by atoms with E-state index < -0.39 is 0 Å². The lowest BCUT2D eigenvalue weighted by Crippen LogP contribution is -2.68. The third-order valence-electron chi connectivity index (χ3n) is 4.83. The van der Waals surface area contributed by atoms with Crippen molar-refractivity contribution >= 4 is 29.9 Å². The second-order valence-corrected chi connectivity index (χ2v) is 7.51. The van der Waals surface area contributed by atoms with Gasteiger partial charge >= 0.3 is 0 Å². The zero-order chi connectivity index (χ0) is 16.2. The van der Waals surface area contributed by atoms with Crippen LogP contribution in [0.4, 0.5) is 0 Å². The number of halogens is 1. The van der Waals surface area contributed by atoms with Gasteiger partial charge in [0.05, 0.1) is 6.10 Å². The molecule has 0 aromatic heterocycles. The predicted octanol–water partition coefficient (Wildman–Crippen LogP) is 2.65. The van der Waals surface area contributed by atoms with Gasteiger partial charge in [0.2, 0.25) is 0 Å². The quantitative estimate of drug-likeness (QED) is 0.277. The van der Waals surface area contributed by atoms with Crippen molar-refractivity contribution in [3.8, 4) is 0 Å². The molecule has 1 saturated heterocycles. The molecule has 2 aliphatic rings. The minimum Gasteiger partial charge on any atom is -0.381 e. The Bertz CT molecular complexity index is 388. The van der Waals surface area contributed by atoms with Crippen LogP contribution in [0.1, 0.15) is 40.5 Å². The van der Waals surface area contributed by atoms with Crippen LogP contribution in [0.15, 0.2) is 4.99 Å². The molecule has 3 atom stereocenters. The molecule has 6 heteroatoms. The van der Waals surface area contributed by atoms with Gasteiger partial charge in [-0.1, -0.05) is 27.7 Å². The van der Waals surface area contributed by atoms with Crippen molar-refractivity contribution in [1.82, 2.24) is 10.6 Å². The smallest absolute Gasteiger partial charge is 0.191 e. The third kappa shape index (κ3) is 5.19. The molecule has 2 rings (SSSR count). The molecule has 0 radical (unpaired) electrons. The van der Waals surface area contributed by atoms with Crippen LogP contribution in [0.25, 0.3) is 0 Å². The molecule has 23 heavy (non-hydrogen) atoms.